The van der Waals surface area contributed by atoms with Crippen LogP contribution in [0.1, 0.15) is 27.7 Å². The number of nitrogens with zero attached hydrogens (tertiary/aromatic N) is 1. The summed E-state index contributed by atoms with van der Waals surface area (Å²) in [6.45, 7) is 9.05. The first kappa shape index (κ1) is 15.9. The van der Waals surface area contributed by atoms with Crippen LogP contribution in [0.4, 0.5) is 0 Å². The van der Waals surface area contributed by atoms with Gasteiger partial charge in [0.2, 0.25) is 11.8 Å². The van der Waals surface area contributed by atoms with Gasteiger partial charge in [0.25, 0.3) is 0 Å². The molecule has 0 aliphatic heterocycles. The van der Waals surface area contributed by atoms with Gasteiger partial charge in [-0.2, -0.15) is 0 Å². The van der Waals surface area contributed by atoms with Gasteiger partial charge in [0.1, 0.15) is 0 Å². The fourth-order valence-electron chi connectivity index (χ4n) is 1.07. The molecule has 0 aromatic heterocycles. The molecule has 0 spiro atoms. The Balaban J connectivity index is 3.75. The summed E-state index contributed by atoms with van der Waals surface area (Å²) in [7, 11) is 1.74. The van der Waals surface area contributed by atoms with E-state index in [2.05, 4.69) is 24.5 Å². The lowest BCUT2D eigenvalue weighted by Crippen LogP contribution is -2.43. The van der Waals surface area contributed by atoms with E-state index in [0.29, 0.717) is 12.5 Å². The average molecular weight is 243 g/mol. The zero-order valence-electron chi connectivity index (χ0n) is 11.5. The van der Waals surface area contributed by atoms with E-state index in [1.165, 1.54) is 0 Å². The van der Waals surface area contributed by atoms with Gasteiger partial charge in [-0.15, -0.1) is 0 Å². The van der Waals surface area contributed by atoms with Crippen molar-refractivity contribution >= 4 is 11.8 Å². The molecule has 0 rings (SSSR count). The van der Waals surface area contributed by atoms with Gasteiger partial charge in [0.15, 0.2) is 0 Å². The number of hydrogen-bond acceptors (Lipinski definition) is 3. The molecule has 0 radical (unpaired) electrons. The maximum Gasteiger partial charge on any atom is 0.236 e. The highest BCUT2D eigenvalue weighted by Gasteiger charge is 2.11. The minimum Gasteiger partial charge on any atom is -0.352 e. The average Bonchev–Trinajstić information content (AvgIpc) is 2.27. The van der Waals surface area contributed by atoms with E-state index in [4.69, 9.17) is 0 Å². The van der Waals surface area contributed by atoms with Crippen LogP contribution in [0.25, 0.3) is 0 Å². The zero-order chi connectivity index (χ0) is 13.4. The fraction of sp³-hybridized carbons (Fsp3) is 0.833. The Labute approximate surface area is 104 Å². The predicted octanol–water partition coefficient (Wildman–Crippen LogP) is 0.215. The lowest BCUT2D eigenvalue weighted by Gasteiger charge is -2.18. The summed E-state index contributed by atoms with van der Waals surface area (Å²) in [6.07, 6.45) is 0. The van der Waals surface area contributed by atoms with Crippen LogP contribution in [0.15, 0.2) is 0 Å². The normalized spacial score (nSPS) is 12.4. The summed E-state index contributed by atoms with van der Waals surface area (Å²) in [5.74, 6) is 0.335. The summed E-state index contributed by atoms with van der Waals surface area (Å²) in [6, 6.07) is 0.151. The van der Waals surface area contributed by atoms with Gasteiger partial charge in [-0.1, -0.05) is 13.8 Å². The van der Waals surface area contributed by atoms with Crippen molar-refractivity contribution in [3.63, 3.8) is 0 Å². The van der Waals surface area contributed by atoms with Gasteiger partial charge < -0.3 is 10.2 Å². The van der Waals surface area contributed by atoms with Crippen molar-refractivity contribution in [1.82, 2.24) is 15.5 Å². The van der Waals surface area contributed by atoms with Crippen LogP contribution in [0.2, 0.25) is 0 Å². The summed E-state index contributed by atoms with van der Waals surface area (Å²) in [5.41, 5.74) is 0. The van der Waals surface area contributed by atoms with Gasteiger partial charge in [0, 0.05) is 19.6 Å². The van der Waals surface area contributed by atoms with E-state index in [0.717, 1.165) is 0 Å². The Morgan fingerprint density at radius 1 is 1.18 bits per heavy atom. The number of carbonyl (C=O) groups is 2. The highest BCUT2D eigenvalue weighted by atomic mass is 16.2. The Morgan fingerprint density at radius 3 is 2.24 bits per heavy atom. The quantitative estimate of drug-likeness (QED) is 0.672. The van der Waals surface area contributed by atoms with E-state index < -0.39 is 0 Å². The minimum atomic E-state index is -0.0712. The van der Waals surface area contributed by atoms with Crippen LogP contribution in [-0.4, -0.2) is 49.4 Å². The van der Waals surface area contributed by atoms with Gasteiger partial charge >= 0.3 is 0 Å². The zero-order valence-corrected chi connectivity index (χ0v) is 11.5. The Morgan fingerprint density at radius 2 is 1.76 bits per heavy atom. The van der Waals surface area contributed by atoms with Crippen molar-refractivity contribution in [2.45, 2.75) is 33.7 Å². The fourth-order valence-corrected chi connectivity index (χ4v) is 1.07. The Bertz CT molecular complexity index is 254. The summed E-state index contributed by atoms with van der Waals surface area (Å²) in [5, 5.41) is 5.71. The Kier molecular flexibility index (Phi) is 7.54. The molecule has 0 saturated carbocycles. The molecule has 17 heavy (non-hydrogen) atoms. The van der Waals surface area contributed by atoms with E-state index >= 15 is 0 Å². The van der Waals surface area contributed by atoms with Gasteiger partial charge in [-0.3, -0.25) is 14.9 Å². The predicted molar refractivity (Wildman–Crippen MR) is 68.6 cm³/mol. The van der Waals surface area contributed by atoms with Crippen molar-refractivity contribution in [3.05, 3.63) is 0 Å². The molecule has 2 amide bonds. The molecule has 0 aromatic rings. The number of carbonyl (C=O) groups excluding carboxylic acids is 2. The third kappa shape index (κ3) is 6.94. The third-order valence-corrected chi connectivity index (χ3v) is 2.85. The molecule has 0 aliphatic carbocycles. The molecule has 1 unspecified atom stereocenters. The largest absolute Gasteiger partial charge is 0.352 e. The van der Waals surface area contributed by atoms with Crippen LogP contribution in [0, 0.1) is 5.92 Å². The topological polar surface area (TPSA) is 61.4 Å². The van der Waals surface area contributed by atoms with E-state index in [-0.39, 0.29) is 30.9 Å². The summed E-state index contributed by atoms with van der Waals surface area (Å²) in [4.78, 5) is 24.5. The minimum absolute atomic E-state index is 0.00259. The van der Waals surface area contributed by atoms with Crippen LogP contribution >= 0.6 is 0 Å². The number of rotatable bonds is 7. The van der Waals surface area contributed by atoms with Crippen molar-refractivity contribution < 1.29 is 9.59 Å². The van der Waals surface area contributed by atoms with Crippen LogP contribution in [0.3, 0.4) is 0 Å². The standard InChI is InChI=1S/C12H25N3O2/c1-6-15(5)12(17)8-13-7-11(16)14-10(4)9(2)3/h9-10,13H,6-8H2,1-5H3,(H,14,16). The number of hydrogen-bond donors (Lipinski definition) is 2. The first-order chi connectivity index (χ1) is 7.88. The SMILES string of the molecule is CCN(C)C(=O)CNCC(=O)NC(C)C(C)C. The molecule has 0 aliphatic rings. The van der Waals surface area contributed by atoms with Crippen LogP contribution < -0.4 is 10.6 Å². The molecule has 5 heteroatoms. The molecular formula is C12H25N3O2. The molecule has 0 saturated heterocycles. The number of amides is 2. The highest BCUT2D eigenvalue weighted by Crippen LogP contribution is 1.98. The first-order valence-electron chi connectivity index (χ1n) is 6.12. The molecule has 2 N–H and O–H groups in total. The smallest absolute Gasteiger partial charge is 0.236 e. The Hall–Kier alpha value is -1.10. The van der Waals surface area contributed by atoms with Gasteiger partial charge in [-0.05, 0) is 19.8 Å². The van der Waals surface area contributed by atoms with Crippen molar-refractivity contribution in [2.24, 2.45) is 5.92 Å². The molecule has 5 nitrogen and oxygen atoms in total. The molecular weight excluding hydrogens is 218 g/mol. The second-order valence-electron chi connectivity index (χ2n) is 4.61. The van der Waals surface area contributed by atoms with E-state index in [1.54, 1.807) is 11.9 Å². The van der Waals surface area contributed by atoms with Crippen LogP contribution in [-0.2, 0) is 9.59 Å². The summed E-state index contributed by atoms with van der Waals surface area (Å²) < 4.78 is 0. The second-order valence-corrected chi connectivity index (χ2v) is 4.61. The van der Waals surface area contributed by atoms with Crippen molar-refractivity contribution in [3.8, 4) is 0 Å². The highest BCUT2D eigenvalue weighted by molar-refractivity contribution is 5.81. The van der Waals surface area contributed by atoms with Crippen molar-refractivity contribution in [2.75, 3.05) is 26.7 Å². The van der Waals surface area contributed by atoms with E-state index in [1.807, 2.05) is 13.8 Å². The lowest BCUT2D eigenvalue weighted by molar-refractivity contribution is -0.128. The molecule has 0 heterocycles. The molecule has 0 bridgehead atoms. The second kappa shape index (κ2) is 8.06. The summed E-state index contributed by atoms with van der Waals surface area (Å²) >= 11 is 0. The van der Waals surface area contributed by atoms with Crippen LogP contribution in [0.5, 0.6) is 0 Å². The van der Waals surface area contributed by atoms with Crippen molar-refractivity contribution in [1.29, 1.82) is 0 Å². The number of likely N-dealkylation sites (N-methyl/N-ethyl adjacent to an activating group) is 1. The monoisotopic (exact) mass is 243 g/mol. The van der Waals surface area contributed by atoms with E-state index in [9.17, 15) is 9.59 Å². The first-order valence-corrected chi connectivity index (χ1v) is 6.12. The lowest BCUT2D eigenvalue weighted by atomic mass is 10.1. The molecule has 100 valence electrons. The third-order valence-electron chi connectivity index (χ3n) is 2.85. The number of nitrogens with one attached hydrogen (secondary N) is 2. The molecule has 1 atom stereocenters. The molecule has 0 aromatic carbocycles. The maximum atomic E-state index is 11.5. The van der Waals surface area contributed by atoms with Gasteiger partial charge in [0.05, 0.1) is 13.1 Å². The van der Waals surface area contributed by atoms with Gasteiger partial charge in [-0.25, -0.2) is 0 Å². The molecule has 0 fully saturated rings. The maximum absolute atomic E-state index is 11.5.